The van der Waals surface area contributed by atoms with Gasteiger partial charge in [-0.3, -0.25) is 4.79 Å². The van der Waals surface area contributed by atoms with Gasteiger partial charge < -0.3 is 60.2 Å². The van der Waals surface area contributed by atoms with Crippen molar-refractivity contribution in [2.45, 2.75) is 144 Å². The van der Waals surface area contributed by atoms with E-state index in [0.29, 0.717) is 12.5 Å². The van der Waals surface area contributed by atoms with Crippen LogP contribution in [0.4, 0.5) is 0 Å². The van der Waals surface area contributed by atoms with E-state index in [1.807, 2.05) is 0 Å². The van der Waals surface area contributed by atoms with E-state index in [4.69, 9.17) is 24.1 Å². The fourth-order valence-corrected chi connectivity index (χ4v) is 6.64. The van der Waals surface area contributed by atoms with Crippen molar-refractivity contribution in [2.75, 3.05) is 13.2 Å². The number of amides is 1. The number of aliphatic hydroxyl groups is 6. The summed E-state index contributed by atoms with van der Waals surface area (Å²) in [6.07, 6.45) is 0.550. The van der Waals surface area contributed by atoms with Gasteiger partial charge in [-0.1, -0.05) is 19.3 Å². The predicted molar refractivity (Wildman–Crippen MR) is 135 cm³/mol. The Balaban J connectivity index is 0.000000183. The lowest BCUT2D eigenvalue weighted by Crippen LogP contribution is -2.60. The van der Waals surface area contributed by atoms with Gasteiger partial charge in [0.15, 0.2) is 11.6 Å². The second-order valence-electron chi connectivity index (χ2n) is 11.9. The van der Waals surface area contributed by atoms with Crippen LogP contribution in [0.1, 0.15) is 65.7 Å². The number of aliphatic hydroxyl groups excluding tert-OH is 6. The molecule has 0 aromatic heterocycles. The quantitative estimate of drug-likeness (QED) is 0.170. The van der Waals surface area contributed by atoms with Gasteiger partial charge in [0.05, 0.1) is 37.5 Å². The molecule has 1 amide bonds. The van der Waals surface area contributed by atoms with Crippen molar-refractivity contribution in [1.29, 1.82) is 0 Å². The lowest BCUT2D eigenvalue weighted by atomic mass is 9.89. The van der Waals surface area contributed by atoms with Crippen LogP contribution in [0, 0.1) is 0 Å². The fraction of sp³-hybridized carbons (Fsp3) is 0.962. The molecular formula is C26H46N2O11. The highest BCUT2D eigenvalue weighted by Crippen LogP contribution is 2.42. The minimum atomic E-state index is -1.11. The average Bonchev–Trinajstić information content (AvgIpc) is 3.35. The van der Waals surface area contributed by atoms with Gasteiger partial charge in [0, 0.05) is 25.8 Å². The maximum Gasteiger partial charge on any atom is 0.217 e. The van der Waals surface area contributed by atoms with Gasteiger partial charge in [0.2, 0.25) is 5.91 Å². The maximum absolute atomic E-state index is 11.1. The third kappa shape index (κ3) is 6.92. The Bertz CT molecular complexity index is 832. The SMILES string of the molecule is CC(=O)N[C@H]1C2O[C@@](C)(C[C@H]1O)O[C@@H]2[C@H](O)CO.C[C@@]12C[C@@H](O)[C@@H](NC3CCCCC3)C(O1)[C@@H]([C@H](O)CO)O2. The molecule has 1 aliphatic carbocycles. The molecule has 2 unspecified atom stereocenters. The van der Waals surface area contributed by atoms with E-state index in [9.17, 15) is 30.3 Å². The Morgan fingerprint density at radius 3 is 1.74 bits per heavy atom. The Labute approximate surface area is 228 Å². The standard InChI is InChI=1S/C15H27NO5.C11H19NO6/c1-15-7-10(18)12(16-9-5-3-2-4-6-9)14(21-15)13(20-15)11(19)8-17;1-5(14)12-8-6(15)3-11(2)17-9(7(16)4-13)10(8)18-11/h9-14,16-19H,2-8H2,1H3;6-10,13,15-16H,3-4H2,1-2H3,(H,12,14)/t10-,11-,12-,13-,14?,15+;6-,7-,8-,9-,10?,11+/m11/s1. The molecule has 226 valence electrons. The largest absolute Gasteiger partial charge is 0.394 e. The maximum atomic E-state index is 11.1. The molecule has 4 bridgehead atoms. The third-order valence-electron chi connectivity index (χ3n) is 8.42. The van der Waals surface area contributed by atoms with Gasteiger partial charge in [0.25, 0.3) is 0 Å². The first-order valence-electron chi connectivity index (χ1n) is 14.1. The van der Waals surface area contributed by atoms with Crippen molar-refractivity contribution < 1.29 is 54.4 Å². The number of fused-ring (bicyclic) bond motifs is 4. The molecule has 0 radical (unpaired) electrons. The molecule has 4 saturated heterocycles. The summed E-state index contributed by atoms with van der Waals surface area (Å²) in [6.45, 7) is 3.95. The number of nitrogens with one attached hydrogen (secondary N) is 2. The smallest absolute Gasteiger partial charge is 0.217 e. The molecule has 4 aliphatic heterocycles. The molecule has 1 saturated carbocycles. The van der Waals surface area contributed by atoms with E-state index in [-0.39, 0.29) is 25.0 Å². The first-order chi connectivity index (χ1) is 18.4. The van der Waals surface area contributed by atoms with Crippen LogP contribution in [0.25, 0.3) is 0 Å². The molecule has 0 aromatic carbocycles. The molecule has 12 atom stereocenters. The van der Waals surface area contributed by atoms with Crippen molar-refractivity contribution >= 4 is 5.91 Å². The topological polar surface area (TPSA) is 199 Å². The predicted octanol–water partition coefficient (Wildman–Crippen LogP) is -2.00. The van der Waals surface area contributed by atoms with Gasteiger partial charge in [-0.25, -0.2) is 0 Å². The number of ether oxygens (including phenoxy) is 4. The lowest BCUT2D eigenvalue weighted by Gasteiger charge is -2.40. The van der Waals surface area contributed by atoms with Crippen molar-refractivity contribution in [1.82, 2.24) is 10.6 Å². The average molecular weight is 563 g/mol. The molecule has 39 heavy (non-hydrogen) atoms. The number of rotatable bonds is 7. The number of carbonyl (C=O) groups is 1. The van der Waals surface area contributed by atoms with E-state index >= 15 is 0 Å². The van der Waals surface area contributed by atoms with Crippen molar-refractivity contribution in [2.24, 2.45) is 0 Å². The summed E-state index contributed by atoms with van der Waals surface area (Å²) >= 11 is 0. The summed E-state index contributed by atoms with van der Waals surface area (Å²) in [5, 5.41) is 64.5. The van der Waals surface area contributed by atoms with Gasteiger partial charge in [-0.05, 0) is 26.7 Å². The Morgan fingerprint density at radius 2 is 1.28 bits per heavy atom. The summed E-state index contributed by atoms with van der Waals surface area (Å²) in [4.78, 5) is 11.1. The highest BCUT2D eigenvalue weighted by molar-refractivity contribution is 5.73. The van der Waals surface area contributed by atoms with Crippen molar-refractivity contribution in [3.63, 3.8) is 0 Å². The van der Waals surface area contributed by atoms with Crippen LogP contribution in [-0.2, 0) is 23.7 Å². The highest BCUT2D eigenvalue weighted by atomic mass is 16.8. The second-order valence-corrected chi connectivity index (χ2v) is 11.9. The molecular weight excluding hydrogens is 516 g/mol. The molecule has 5 aliphatic rings. The van der Waals surface area contributed by atoms with Crippen molar-refractivity contribution in [3.05, 3.63) is 0 Å². The van der Waals surface area contributed by atoms with Crippen LogP contribution in [-0.4, -0.2) is 128 Å². The fourth-order valence-electron chi connectivity index (χ4n) is 6.64. The molecule has 5 fully saturated rings. The number of hydrogen-bond acceptors (Lipinski definition) is 12. The summed E-state index contributed by atoms with van der Waals surface area (Å²) in [7, 11) is 0. The molecule has 8 N–H and O–H groups in total. The first kappa shape index (κ1) is 31.0. The van der Waals surface area contributed by atoms with Gasteiger partial charge in [-0.15, -0.1) is 0 Å². The zero-order valence-electron chi connectivity index (χ0n) is 22.9. The Morgan fingerprint density at radius 1 is 0.821 bits per heavy atom. The third-order valence-corrected chi connectivity index (χ3v) is 8.42. The zero-order valence-corrected chi connectivity index (χ0v) is 22.9. The zero-order chi connectivity index (χ0) is 28.5. The molecule has 0 spiro atoms. The highest BCUT2D eigenvalue weighted by Gasteiger charge is 2.58. The second kappa shape index (κ2) is 12.5. The Hall–Kier alpha value is -0.970. The van der Waals surface area contributed by atoms with Crippen LogP contribution in [0.3, 0.4) is 0 Å². The lowest BCUT2D eigenvalue weighted by molar-refractivity contribution is -0.211. The van der Waals surface area contributed by atoms with E-state index in [2.05, 4.69) is 10.6 Å². The normalized spacial score (nSPS) is 45.3. The van der Waals surface area contributed by atoms with E-state index in [1.165, 1.54) is 26.2 Å². The van der Waals surface area contributed by atoms with Gasteiger partial charge in [0.1, 0.15) is 36.6 Å². The van der Waals surface area contributed by atoms with Crippen molar-refractivity contribution in [3.8, 4) is 0 Å². The molecule has 5 rings (SSSR count). The summed E-state index contributed by atoms with van der Waals surface area (Å²) < 4.78 is 22.9. The van der Waals surface area contributed by atoms with Crippen LogP contribution >= 0.6 is 0 Å². The van der Waals surface area contributed by atoms with Gasteiger partial charge in [-0.2, -0.15) is 0 Å². The minimum absolute atomic E-state index is 0.198. The molecule has 13 heteroatoms. The first-order valence-corrected chi connectivity index (χ1v) is 14.1. The minimum Gasteiger partial charge on any atom is -0.394 e. The summed E-state index contributed by atoms with van der Waals surface area (Å²) in [5.74, 6) is -2.15. The van der Waals surface area contributed by atoms with Crippen LogP contribution in [0.2, 0.25) is 0 Å². The monoisotopic (exact) mass is 562 g/mol. The number of hydrogen-bond donors (Lipinski definition) is 8. The molecule has 13 nitrogen and oxygen atoms in total. The molecule has 4 heterocycles. The summed E-state index contributed by atoms with van der Waals surface area (Å²) in [5.41, 5.74) is 0. The van der Waals surface area contributed by atoms with Gasteiger partial charge >= 0.3 is 0 Å². The van der Waals surface area contributed by atoms with Crippen LogP contribution in [0.5, 0.6) is 0 Å². The summed E-state index contributed by atoms with van der Waals surface area (Å²) in [6, 6.07) is -0.516. The van der Waals surface area contributed by atoms with E-state index in [1.54, 1.807) is 13.8 Å². The van der Waals surface area contributed by atoms with E-state index in [0.717, 1.165) is 12.8 Å². The Kier molecular flexibility index (Phi) is 9.92. The van der Waals surface area contributed by atoms with E-state index < -0.39 is 73.1 Å². The van der Waals surface area contributed by atoms with Crippen LogP contribution in [0.15, 0.2) is 0 Å². The number of carbonyl (C=O) groups excluding carboxylic acids is 1. The molecule has 0 aromatic rings. The van der Waals surface area contributed by atoms with Crippen LogP contribution < -0.4 is 10.6 Å².